The molecule has 2 aromatic rings. The number of hydrogen-bond donors (Lipinski definition) is 0. The van der Waals surface area contributed by atoms with Crippen LogP contribution in [0.5, 0.6) is 0 Å². The molecule has 3 rings (SSSR count). The molecule has 0 N–H and O–H groups in total. The summed E-state index contributed by atoms with van der Waals surface area (Å²) in [5, 5.41) is 4.50. The first-order chi connectivity index (χ1) is 12.3. The van der Waals surface area contributed by atoms with Gasteiger partial charge in [0.2, 0.25) is 0 Å². The van der Waals surface area contributed by atoms with Crippen LogP contribution < -0.4 is 5.56 Å². The summed E-state index contributed by atoms with van der Waals surface area (Å²) < 4.78 is 3.65. The molecule has 2 aromatic heterocycles. The number of carbonyl (C=O) groups is 1. The second-order valence-electron chi connectivity index (χ2n) is 7.79. The van der Waals surface area contributed by atoms with E-state index in [2.05, 4.69) is 18.9 Å². The Morgan fingerprint density at radius 2 is 1.96 bits per heavy atom. The van der Waals surface area contributed by atoms with E-state index in [0.717, 1.165) is 23.4 Å². The topological polar surface area (TPSA) is 60.1 Å². The van der Waals surface area contributed by atoms with E-state index >= 15 is 0 Å². The fraction of sp³-hybridized carbons (Fsp3) is 0.550. The van der Waals surface area contributed by atoms with Crippen LogP contribution in [0, 0.1) is 26.7 Å². The molecule has 0 aromatic carbocycles. The van der Waals surface area contributed by atoms with E-state index < -0.39 is 0 Å². The summed E-state index contributed by atoms with van der Waals surface area (Å²) in [5.74, 6) is 0.350. The van der Waals surface area contributed by atoms with E-state index in [4.69, 9.17) is 0 Å². The zero-order valence-corrected chi connectivity index (χ0v) is 16.3. The molecule has 1 aliphatic rings. The van der Waals surface area contributed by atoms with Crippen LogP contribution in [0.1, 0.15) is 53.6 Å². The summed E-state index contributed by atoms with van der Waals surface area (Å²) in [7, 11) is 0. The van der Waals surface area contributed by atoms with Gasteiger partial charge in [0.1, 0.15) is 5.56 Å². The molecule has 0 atom stereocenters. The van der Waals surface area contributed by atoms with Crippen molar-refractivity contribution in [3.05, 3.63) is 51.2 Å². The van der Waals surface area contributed by atoms with Crippen molar-refractivity contribution in [3.8, 4) is 0 Å². The maximum atomic E-state index is 12.9. The largest absolute Gasteiger partial charge is 0.334 e. The molecule has 0 saturated carbocycles. The molecule has 6 heteroatoms. The van der Waals surface area contributed by atoms with Crippen LogP contribution in [0.2, 0.25) is 0 Å². The van der Waals surface area contributed by atoms with Crippen molar-refractivity contribution in [1.29, 1.82) is 0 Å². The van der Waals surface area contributed by atoms with Crippen LogP contribution >= 0.6 is 0 Å². The second-order valence-corrected chi connectivity index (χ2v) is 7.79. The number of carbonyl (C=O) groups excluding carboxylic acids is 1. The van der Waals surface area contributed by atoms with Gasteiger partial charge in [-0.15, -0.1) is 0 Å². The molecule has 1 amide bonds. The predicted molar refractivity (Wildman–Crippen MR) is 102 cm³/mol. The zero-order valence-electron chi connectivity index (χ0n) is 16.3. The molecule has 0 unspecified atom stereocenters. The Morgan fingerprint density at radius 3 is 2.54 bits per heavy atom. The minimum Gasteiger partial charge on any atom is -0.334 e. The third-order valence-corrected chi connectivity index (χ3v) is 5.07. The lowest BCUT2D eigenvalue weighted by atomic mass is 10.0. The molecule has 3 heterocycles. The summed E-state index contributed by atoms with van der Waals surface area (Å²) >= 11 is 0. The van der Waals surface area contributed by atoms with Crippen LogP contribution in [0.25, 0.3) is 0 Å². The lowest BCUT2D eigenvalue weighted by Crippen LogP contribution is -2.52. The highest BCUT2D eigenvalue weighted by Gasteiger charge is 2.35. The molecule has 0 radical (unpaired) electrons. The van der Waals surface area contributed by atoms with Crippen molar-refractivity contribution in [1.82, 2.24) is 19.2 Å². The third-order valence-electron chi connectivity index (χ3n) is 5.07. The van der Waals surface area contributed by atoms with Gasteiger partial charge in [-0.2, -0.15) is 5.10 Å². The van der Waals surface area contributed by atoms with Gasteiger partial charge >= 0.3 is 0 Å². The van der Waals surface area contributed by atoms with Gasteiger partial charge in [0.15, 0.2) is 0 Å². The van der Waals surface area contributed by atoms with Crippen molar-refractivity contribution < 1.29 is 4.79 Å². The highest BCUT2D eigenvalue weighted by atomic mass is 16.2. The average Bonchev–Trinajstić information content (AvgIpc) is 2.83. The first kappa shape index (κ1) is 18.4. The number of amides is 1. The molecule has 1 aliphatic heterocycles. The Kier molecular flexibility index (Phi) is 5.03. The normalized spacial score (nSPS) is 14.8. The van der Waals surface area contributed by atoms with Crippen molar-refractivity contribution in [2.45, 2.75) is 53.6 Å². The molecule has 1 fully saturated rings. The number of hydrogen-bond acceptors (Lipinski definition) is 3. The van der Waals surface area contributed by atoms with Gasteiger partial charge in [-0.05, 0) is 50.8 Å². The molecular formula is C20H28N4O2. The Hall–Kier alpha value is -2.37. The number of pyridine rings is 1. The van der Waals surface area contributed by atoms with E-state index in [0.29, 0.717) is 31.1 Å². The molecule has 0 bridgehead atoms. The second kappa shape index (κ2) is 7.09. The van der Waals surface area contributed by atoms with E-state index in [1.165, 1.54) is 0 Å². The lowest BCUT2D eigenvalue weighted by molar-refractivity contribution is 0.0494. The average molecular weight is 356 g/mol. The number of rotatable bonds is 5. The highest BCUT2D eigenvalue weighted by molar-refractivity contribution is 5.95. The zero-order chi connectivity index (χ0) is 19.0. The standard InChI is InChI=1S/C20H28N4O2/c1-13(2)6-8-22-9-7-14(3)18(19(22)25)20(26)23-11-17(12-23)24-16(5)10-15(4)21-24/h7,9-10,13,17H,6,8,11-12H2,1-5H3. The van der Waals surface area contributed by atoms with Crippen molar-refractivity contribution in [2.24, 2.45) is 5.92 Å². The Morgan fingerprint density at radius 1 is 1.27 bits per heavy atom. The van der Waals surface area contributed by atoms with Gasteiger partial charge in [0.05, 0.1) is 11.7 Å². The molecule has 0 spiro atoms. The van der Waals surface area contributed by atoms with Gasteiger partial charge < -0.3 is 9.47 Å². The van der Waals surface area contributed by atoms with Crippen LogP contribution in [-0.2, 0) is 6.54 Å². The van der Waals surface area contributed by atoms with Crippen molar-refractivity contribution >= 4 is 5.91 Å². The monoisotopic (exact) mass is 356 g/mol. The van der Waals surface area contributed by atoms with Crippen molar-refractivity contribution in [2.75, 3.05) is 13.1 Å². The molecule has 26 heavy (non-hydrogen) atoms. The maximum Gasteiger partial charge on any atom is 0.263 e. The smallest absolute Gasteiger partial charge is 0.263 e. The number of likely N-dealkylation sites (tertiary alicyclic amines) is 1. The number of nitrogens with zero attached hydrogens (tertiary/aromatic N) is 4. The van der Waals surface area contributed by atoms with E-state index in [1.54, 1.807) is 15.7 Å². The third kappa shape index (κ3) is 3.45. The van der Waals surface area contributed by atoms with Gasteiger partial charge in [0, 0.05) is 31.5 Å². The van der Waals surface area contributed by atoms with Crippen LogP contribution in [0.15, 0.2) is 23.1 Å². The summed E-state index contributed by atoms with van der Waals surface area (Å²) in [6.07, 6.45) is 2.71. The lowest BCUT2D eigenvalue weighted by Gasteiger charge is -2.39. The molecule has 140 valence electrons. The first-order valence-electron chi connectivity index (χ1n) is 9.30. The summed E-state index contributed by atoms with van der Waals surface area (Å²) in [6, 6.07) is 4.10. The van der Waals surface area contributed by atoms with Gasteiger partial charge in [-0.25, -0.2) is 0 Å². The Labute approximate surface area is 154 Å². The minimum atomic E-state index is -0.176. The molecular weight excluding hydrogens is 328 g/mol. The van der Waals surface area contributed by atoms with E-state index in [-0.39, 0.29) is 17.5 Å². The Balaban J connectivity index is 1.75. The molecule has 0 aliphatic carbocycles. The number of aromatic nitrogens is 3. The highest BCUT2D eigenvalue weighted by Crippen LogP contribution is 2.24. The summed E-state index contributed by atoms with van der Waals surface area (Å²) in [5.41, 5.74) is 2.97. The number of aryl methyl sites for hydroxylation is 4. The SMILES string of the molecule is Cc1cc(C)n(C2CN(C(=O)c3c(C)ccn(CCC(C)C)c3=O)C2)n1. The van der Waals surface area contributed by atoms with Gasteiger partial charge in [0.25, 0.3) is 11.5 Å². The van der Waals surface area contributed by atoms with Crippen molar-refractivity contribution in [3.63, 3.8) is 0 Å². The fourth-order valence-electron chi connectivity index (χ4n) is 3.45. The summed E-state index contributed by atoms with van der Waals surface area (Å²) in [6.45, 7) is 11.9. The Bertz CT molecular complexity index is 872. The van der Waals surface area contributed by atoms with Crippen LogP contribution in [0.3, 0.4) is 0 Å². The van der Waals surface area contributed by atoms with Gasteiger partial charge in [-0.1, -0.05) is 13.8 Å². The molecule has 6 nitrogen and oxygen atoms in total. The quantitative estimate of drug-likeness (QED) is 0.828. The van der Waals surface area contributed by atoms with E-state index in [1.807, 2.05) is 37.6 Å². The van der Waals surface area contributed by atoms with Crippen LogP contribution in [0.4, 0.5) is 0 Å². The molecule has 1 saturated heterocycles. The van der Waals surface area contributed by atoms with Gasteiger partial charge in [-0.3, -0.25) is 14.3 Å². The first-order valence-corrected chi connectivity index (χ1v) is 9.30. The fourth-order valence-corrected chi connectivity index (χ4v) is 3.45. The predicted octanol–water partition coefficient (Wildman–Crippen LogP) is 2.71. The summed E-state index contributed by atoms with van der Waals surface area (Å²) in [4.78, 5) is 27.5. The van der Waals surface area contributed by atoms with Crippen LogP contribution in [-0.4, -0.2) is 38.2 Å². The maximum absolute atomic E-state index is 12.9. The van der Waals surface area contributed by atoms with E-state index in [9.17, 15) is 9.59 Å². The minimum absolute atomic E-state index is 0.163.